The normalized spacial score (nSPS) is 14.0. The molecule has 0 bridgehead atoms. The van der Waals surface area contributed by atoms with Crippen LogP contribution in [0.4, 0.5) is 0 Å². The topological polar surface area (TPSA) is 32.7 Å². The fourth-order valence-corrected chi connectivity index (χ4v) is 2.80. The van der Waals surface area contributed by atoms with Gasteiger partial charge in [-0.2, -0.15) is 0 Å². The predicted octanol–water partition coefficient (Wildman–Crippen LogP) is 3.83. The summed E-state index contributed by atoms with van der Waals surface area (Å²) in [5.41, 5.74) is 2.20. The highest BCUT2D eigenvalue weighted by atomic mass is 16.5. The number of hydrogen-bond donors (Lipinski definition) is 1. The zero-order chi connectivity index (χ0) is 16.9. The Morgan fingerprint density at radius 1 is 0.875 bits per heavy atom. The van der Waals surface area contributed by atoms with E-state index < -0.39 is 6.23 Å². The summed E-state index contributed by atoms with van der Waals surface area (Å²) in [5.74, 6) is 0. The Hall–Kier alpha value is -2.20. The van der Waals surface area contributed by atoms with Gasteiger partial charge in [-0.3, -0.25) is 4.90 Å². The first-order valence-corrected chi connectivity index (χ1v) is 8.15. The maximum atomic E-state index is 10.1. The molecule has 3 aromatic carbocycles. The van der Waals surface area contributed by atoms with E-state index in [4.69, 9.17) is 4.74 Å². The van der Waals surface area contributed by atoms with Gasteiger partial charge in [0.2, 0.25) is 0 Å². The van der Waals surface area contributed by atoms with Crippen LogP contribution in [0.15, 0.2) is 72.8 Å². The van der Waals surface area contributed by atoms with Crippen LogP contribution in [0.5, 0.6) is 0 Å². The summed E-state index contributed by atoms with van der Waals surface area (Å²) in [6.45, 7) is 0.246. The van der Waals surface area contributed by atoms with E-state index in [1.165, 1.54) is 10.8 Å². The molecule has 124 valence electrons. The molecule has 0 heterocycles. The molecule has 1 N–H and O–H groups in total. The molecule has 2 unspecified atom stereocenters. The summed E-state index contributed by atoms with van der Waals surface area (Å²) in [7, 11) is 3.67. The molecule has 0 aliphatic rings. The van der Waals surface area contributed by atoms with Crippen LogP contribution >= 0.6 is 0 Å². The predicted molar refractivity (Wildman–Crippen MR) is 97.9 cm³/mol. The van der Waals surface area contributed by atoms with Crippen LogP contribution in [0.2, 0.25) is 0 Å². The molecule has 0 aliphatic carbocycles. The van der Waals surface area contributed by atoms with Crippen molar-refractivity contribution in [2.45, 2.75) is 12.3 Å². The molecule has 3 aromatic rings. The van der Waals surface area contributed by atoms with Crippen molar-refractivity contribution in [2.75, 3.05) is 20.7 Å². The van der Waals surface area contributed by atoms with Crippen molar-refractivity contribution in [3.8, 4) is 0 Å². The standard InChI is InChI=1S/C21H23NO2/c1-22(2)20(23)15-24-21(17-10-4-3-5-11-17)19-14-8-12-16-9-6-7-13-18(16)19/h3-14,20-21,23H,15H2,1-2H3. The van der Waals surface area contributed by atoms with Crippen molar-refractivity contribution in [2.24, 2.45) is 0 Å². The van der Waals surface area contributed by atoms with Gasteiger partial charge in [0.1, 0.15) is 12.3 Å². The van der Waals surface area contributed by atoms with E-state index in [-0.39, 0.29) is 12.7 Å². The maximum absolute atomic E-state index is 10.1. The number of aliphatic hydroxyl groups is 1. The molecule has 0 amide bonds. The Kier molecular flexibility index (Phi) is 5.26. The van der Waals surface area contributed by atoms with Crippen molar-refractivity contribution < 1.29 is 9.84 Å². The van der Waals surface area contributed by atoms with Crippen LogP contribution in [0, 0.1) is 0 Å². The number of ether oxygens (including phenoxy) is 1. The first kappa shape index (κ1) is 16.7. The summed E-state index contributed by atoms with van der Waals surface area (Å²) in [6.07, 6.45) is -0.849. The third-order valence-corrected chi connectivity index (χ3v) is 4.22. The summed E-state index contributed by atoms with van der Waals surface area (Å²) >= 11 is 0. The van der Waals surface area contributed by atoms with E-state index in [1.807, 2.05) is 44.4 Å². The van der Waals surface area contributed by atoms with Crippen LogP contribution in [0.3, 0.4) is 0 Å². The minimum Gasteiger partial charge on any atom is -0.376 e. The first-order valence-electron chi connectivity index (χ1n) is 8.15. The summed E-state index contributed by atoms with van der Waals surface area (Å²) in [5, 5.41) is 12.4. The largest absolute Gasteiger partial charge is 0.376 e. The van der Waals surface area contributed by atoms with Crippen molar-refractivity contribution in [1.29, 1.82) is 0 Å². The van der Waals surface area contributed by atoms with Gasteiger partial charge in [-0.05, 0) is 36.0 Å². The Bertz CT molecular complexity index is 781. The van der Waals surface area contributed by atoms with Crippen molar-refractivity contribution >= 4 is 10.8 Å². The molecule has 3 nitrogen and oxygen atoms in total. The van der Waals surface area contributed by atoms with E-state index in [0.717, 1.165) is 11.1 Å². The molecule has 3 heteroatoms. The van der Waals surface area contributed by atoms with E-state index in [2.05, 4.69) is 42.5 Å². The first-order chi connectivity index (χ1) is 11.7. The number of rotatable bonds is 6. The van der Waals surface area contributed by atoms with Gasteiger partial charge < -0.3 is 9.84 Å². The van der Waals surface area contributed by atoms with Gasteiger partial charge in [-0.1, -0.05) is 72.8 Å². The Labute approximate surface area is 143 Å². The van der Waals surface area contributed by atoms with Crippen LogP contribution in [0.1, 0.15) is 17.2 Å². The monoisotopic (exact) mass is 321 g/mol. The highest BCUT2D eigenvalue weighted by molar-refractivity contribution is 5.86. The van der Waals surface area contributed by atoms with Gasteiger partial charge in [0.05, 0.1) is 6.61 Å². The highest BCUT2D eigenvalue weighted by Gasteiger charge is 2.19. The van der Waals surface area contributed by atoms with Gasteiger partial charge in [0.25, 0.3) is 0 Å². The van der Waals surface area contributed by atoms with Crippen LogP contribution in [0.25, 0.3) is 10.8 Å². The molecular weight excluding hydrogens is 298 g/mol. The molecular formula is C21H23NO2. The van der Waals surface area contributed by atoms with Crippen LogP contribution < -0.4 is 0 Å². The van der Waals surface area contributed by atoms with Gasteiger partial charge in [-0.15, -0.1) is 0 Å². The lowest BCUT2D eigenvalue weighted by molar-refractivity contribution is -0.0540. The van der Waals surface area contributed by atoms with Gasteiger partial charge in [-0.25, -0.2) is 0 Å². The molecule has 0 aromatic heterocycles. The number of nitrogens with zero attached hydrogens (tertiary/aromatic N) is 1. The summed E-state index contributed by atoms with van der Waals surface area (Å²) in [6, 6.07) is 24.7. The third kappa shape index (κ3) is 3.65. The number of hydrogen-bond acceptors (Lipinski definition) is 3. The van der Waals surface area contributed by atoms with E-state index >= 15 is 0 Å². The second-order valence-corrected chi connectivity index (χ2v) is 6.14. The lowest BCUT2D eigenvalue weighted by Gasteiger charge is -2.24. The fraction of sp³-hybridized carbons (Fsp3) is 0.238. The summed E-state index contributed by atoms with van der Waals surface area (Å²) < 4.78 is 6.15. The molecule has 0 spiro atoms. The SMILES string of the molecule is CN(C)C(O)COC(c1ccccc1)c1cccc2ccccc12. The lowest BCUT2D eigenvalue weighted by Crippen LogP contribution is -2.32. The van der Waals surface area contributed by atoms with E-state index in [0.29, 0.717) is 0 Å². The molecule has 0 aliphatic heterocycles. The Balaban J connectivity index is 2.00. The average molecular weight is 321 g/mol. The summed E-state index contributed by atoms with van der Waals surface area (Å²) in [4.78, 5) is 1.74. The smallest absolute Gasteiger partial charge is 0.130 e. The molecule has 0 saturated carbocycles. The van der Waals surface area contributed by atoms with Gasteiger partial charge in [0, 0.05) is 0 Å². The number of likely N-dealkylation sites (N-methyl/N-ethyl adjacent to an activating group) is 1. The van der Waals surface area contributed by atoms with Gasteiger partial charge in [0.15, 0.2) is 0 Å². The molecule has 0 fully saturated rings. The van der Waals surface area contributed by atoms with Crippen LogP contribution in [-0.4, -0.2) is 36.9 Å². The van der Waals surface area contributed by atoms with Gasteiger partial charge >= 0.3 is 0 Å². The molecule has 0 saturated heterocycles. The maximum Gasteiger partial charge on any atom is 0.130 e. The van der Waals surface area contributed by atoms with Crippen molar-refractivity contribution in [1.82, 2.24) is 4.90 Å². The fourth-order valence-electron chi connectivity index (χ4n) is 2.80. The third-order valence-electron chi connectivity index (χ3n) is 4.22. The highest BCUT2D eigenvalue weighted by Crippen LogP contribution is 2.31. The van der Waals surface area contributed by atoms with E-state index in [9.17, 15) is 5.11 Å². The second kappa shape index (κ2) is 7.58. The second-order valence-electron chi connectivity index (χ2n) is 6.14. The Morgan fingerprint density at radius 2 is 1.54 bits per heavy atom. The number of aliphatic hydroxyl groups excluding tert-OH is 1. The van der Waals surface area contributed by atoms with E-state index in [1.54, 1.807) is 4.90 Å². The Morgan fingerprint density at radius 3 is 2.29 bits per heavy atom. The van der Waals surface area contributed by atoms with Crippen LogP contribution in [-0.2, 0) is 4.74 Å². The molecule has 2 atom stereocenters. The zero-order valence-electron chi connectivity index (χ0n) is 14.1. The quantitative estimate of drug-likeness (QED) is 0.701. The van der Waals surface area contributed by atoms with Crippen molar-refractivity contribution in [3.05, 3.63) is 83.9 Å². The van der Waals surface area contributed by atoms with Crippen molar-refractivity contribution in [3.63, 3.8) is 0 Å². The molecule has 0 radical (unpaired) electrons. The number of fused-ring (bicyclic) bond motifs is 1. The lowest BCUT2D eigenvalue weighted by atomic mass is 9.96. The number of benzene rings is 3. The molecule has 3 rings (SSSR count). The zero-order valence-corrected chi connectivity index (χ0v) is 14.1. The minimum absolute atomic E-state index is 0.216. The molecule has 24 heavy (non-hydrogen) atoms. The minimum atomic E-state index is -0.633. The average Bonchev–Trinajstić information content (AvgIpc) is 2.62.